The van der Waals surface area contributed by atoms with E-state index in [-0.39, 0.29) is 17.5 Å². The summed E-state index contributed by atoms with van der Waals surface area (Å²) >= 11 is 0. The lowest BCUT2D eigenvalue weighted by atomic mass is 10.0. The fourth-order valence-corrected chi connectivity index (χ4v) is 2.51. The van der Waals surface area contributed by atoms with E-state index in [0.29, 0.717) is 11.3 Å². The molecule has 2 amide bonds. The van der Waals surface area contributed by atoms with Gasteiger partial charge in [0.1, 0.15) is 5.82 Å². The van der Waals surface area contributed by atoms with Crippen molar-refractivity contribution in [1.82, 2.24) is 0 Å². The SMILES string of the molecule is CC(=O)Nc1cc(NC(=O)c2cccc3ccccc23)ccc1F. The van der Waals surface area contributed by atoms with Gasteiger partial charge in [-0.25, -0.2) is 4.39 Å². The van der Waals surface area contributed by atoms with Gasteiger partial charge in [-0.3, -0.25) is 9.59 Å². The smallest absolute Gasteiger partial charge is 0.256 e. The predicted molar refractivity (Wildman–Crippen MR) is 92.6 cm³/mol. The second kappa shape index (κ2) is 6.50. The summed E-state index contributed by atoms with van der Waals surface area (Å²) in [5, 5.41) is 6.92. The fourth-order valence-electron chi connectivity index (χ4n) is 2.51. The first-order valence-electron chi connectivity index (χ1n) is 7.41. The number of hydrogen-bond acceptors (Lipinski definition) is 2. The van der Waals surface area contributed by atoms with E-state index in [9.17, 15) is 14.0 Å². The fraction of sp³-hybridized carbons (Fsp3) is 0.0526. The van der Waals surface area contributed by atoms with Crippen molar-refractivity contribution in [3.63, 3.8) is 0 Å². The third-order valence-electron chi connectivity index (χ3n) is 3.57. The van der Waals surface area contributed by atoms with Crippen molar-refractivity contribution in [1.29, 1.82) is 0 Å². The molecule has 3 aromatic carbocycles. The Kier molecular flexibility index (Phi) is 4.24. The van der Waals surface area contributed by atoms with Crippen LogP contribution in [0.3, 0.4) is 0 Å². The van der Waals surface area contributed by atoms with E-state index < -0.39 is 5.82 Å². The van der Waals surface area contributed by atoms with Gasteiger partial charge in [0.05, 0.1) is 5.69 Å². The first kappa shape index (κ1) is 15.7. The molecule has 24 heavy (non-hydrogen) atoms. The van der Waals surface area contributed by atoms with Crippen LogP contribution in [0.1, 0.15) is 17.3 Å². The van der Waals surface area contributed by atoms with Crippen molar-refractivity contribution in [2.75, 3.05) is 10.6 Å². The zero-order valence-electron chi connectivity index (χ0n) is 13.0. The number of fused-ring (bicyclic) bond motifs is 1. The van der Waals surface area contributed by atoms with Crippen molar-refractivity contribution < 1.29 is 14.0 Å². The molecule has 3 aromatic rings. The highest BCUT2D eigenvalue weighted by atomic mass is 19.1. The second-order valence-corrected chi connectivity index (χ2v) is 5.36. The van der Waals surface area contributed by atoms with Crippen LogP contribution >= 0.6 is 0 Å². The molecular formula is C19H15FN2O2. The van der Waals surface area contributed by atoms with Crippen molar-refractivity contribution in [2.24, 2.45) is 0 Å². The summed E-state index contributed by atoms with van der Waals surface area (Å²) in [6, 6.07) is 17.1. The van der Waals surface area contributed by atoms with Gasteiger partial charge in [-0.2, -0.15) is 0 Å². The van der Waals surface area contributed by atoms with E-state index in [1.54, 1.807) is 6.07 Å². The largest absolute Gasteiger partial charge is 0.324 e. The Balaban J connectivity index is 1.90. The summed E-state index contributed by atoms with van der Waals surface area (Å²) in [4.78, 5) is 23.7. The van der Waals surface area contributed by atoms with E-state index in [2.05, 4.69) is 10.6 Å². The molecule has 0 fully saturated rings. The van der Waals surface area contributed by atoms with Crippen LogP contribution in [-0.2, 0) is 4.79 Å². The van der Waals surface area contributed by atoms with Crippen LogP contribution < -0.4 is 10.6 Å². The Morgan fingerprint density at radius 3 is 2.46 bits per heavy atom. The molecule has 0 aromatic heterocycles. The number of rotatable bonds is 3. The zero-order chi connectivity index (χ0) is 17.1. The highest BCUT2D eigenvalue weighted by Gasteiger charge is 2.11. The lowest BCUT2D eigenvalue weighted by Crippen LogP contribution is -2.13. The number of nitrogens with one attached hydrogen (secondary N) is 2. The van der Waals surface area contributed by atoms with E-state index in [4.69, 9.17) is 0 Å². The van der Waals surface area contributed by atoms with E-state index in [1.165, 1.54) is 25.1 Å². The van der Waals surface area contributed by atoms with Crippen molar-refractivity contribution in [3.05, 3.63) is 72.0 Å². The molecule has 3 rings (SSSR count). The number of carbonyl (C=O) groups excluding carboxylic acids is 2. The standard InChI is InChI=1S/C19H15FN2O2/c1-12(23)21-18-11-14(9-10-17(18)20)22-19(24)16-8-4-6-13-5-2-3-7-15(13)16/h2-11H,1H3,(H,21,23)(H,22,24). The molecular weight excluding hydrogens is 307 g/mol. The Hall–Kier alpha value is -3.21. The van der Waals surface area contributed by atoms with Crippen LogP contribution in [0.15, 0.2) is 60.7 Å². The van der Waals surface area contributed by atoms with Gasteiger partial charge in [-0.05, 0) is 35.0 Å². The monoisotopic (exact) mass is 322 g/mol. The number of amides is 2. The van der Waals surface area contributed by atoms with Crippen LogP contribution in [-0.4, -0.2) is 11.8 Å². The maximum absolute atomic E-state index is 13.7. The van der Waals surface area contributed by atoms with Gasteiger partial charge in [-0.1, -0.05) is 36.4 Å². The molecule has 0 atom stereocenters. The van der Waals surface area contributed by atoms with E-state index in [1.807, 2.05) is 36.4 Å². The first-order chi connectivity index (χ1) is 11.5. The molecule has 5 heteroatoms. The van der Waals surface area contributed by atoms with Crippen LogP contribution in [0.25, 0.3) is 10.8 Å². The van der Waals surface area contributed by atoms with Crippen molar-refractivity contribution in [2.45, 2.75) is 6.92 Å². The summed E-state index contributed by atoms with van der Waals surface area (Å²) in [5.74, 6) is -1.24. The number of halogens is 1. The number of anilines is 2. The predicted octanol–water partition coefficient (Wildman–Crippen LogP) is 4.19. The Bertz CT molecular complexity index is 932. The van der Waals surface area contributed by atoms with Crippen LogP contribution in [0.5, 0.6) is 0 Å². The van der Waals surface area contributed by atoms with E-state index >= 15 is 0 Å². The van der Waals surface area contributed by atoms with Gasteiger partial charge in [0, 0.05) is 18.2 Å². The van der Waals surface area contributed by atoms with Crippen LogP contribution in [0, 0.1) is 5.82 Å². The van der Waals surface area contributed by atoms with Crippen molar-refractivity contribution in [3.8, 4) is 0 Å². The Labute approximate surface area is 138 Å². The second-order valence-electron chi connectivity index (χ2n) is 5.36. The number of benzene rings is 3. The summed E-state index contributed by atoms with van der Waals surface area (Å²) < 4.78 is 13.7. The van der Waals surface area contributed by atoms with Gasteiger partial charge in [-0.15, -0.1) is 0 Å². The third-order valence-corrected chi connectivity index (χ3v) is 3.57. The average Bonchev–Trinajstić information content (AvgIpc) is 2.57. The number of carbonyl (C=O) groups is 2. The van der Waals surface area contributed by atoms with Gasteiger partial charge in [0.25, 0.3) is 5.91 Å². The maximum Gasteiger partial charge on any atom is 0.256 e. The van der Waals surface area contributed by atoms with Gasteiger partial charge in [0.15, 0.2) is 0 Å². The number of hydrogen-bond donors (Lipinski definition) is 2. The highest BCUT2D eigenvalue weighted by Crippen LogP contribution is 2.22. The molecule has 0 unspecified atom stereocenters. The molecule has 0 heterocycles. The molecule has 0 radical (unpaired) electrons. The maximum atomic E-state index is 13.7. The first-order valence-corrected chi connectivity index (χ1v) is 7.41. The zero-order valence-corrected chi connectivity index (χ0v) is 13.0. The molecule has 0 saturated carbocycles. The summed E-state index contributed by atoms with van der Waals surface area (Å²) in [6.45, 7) is 1.29. The van der Waals surface area contributed by atoms with Gasteiger partial charge >= 0.3 is 0 Å². The lowest BCUT2D eigenvalue weighted by Gasteiger charge is -2.10. The lowest BCUT2D eigenvalue weighted by molar-refractivity contribution is -0.114. The Morgan fingerprint density at radius 1 is 0.917 bits per heavy atom. The minimum absolute atomic E-state index is 0.0261. The minimum atomic E-state index is -0.562. The van der Waals surface area contributed by atoms with Crippen LogP contribution in [0.2, 0.25) is 0 Å². The molecule has 2 N–H and O–H groups in total. The summed E-state index contributed by atoms with van der Waals surface area (Å²) in [7, 11) is 0. The molecule has 4 nitrogen and oxygen atoms in total. The normalized spacial score (nSPS) is 10.4. The minimum Gasteiger partial charge on any atom is -0.324 e. The molecule has 120 valence electrons. The van der Waals surface area contributed by atoms with Gasteiger partial charge in [0.2, 0.25) is 5.91 Å². The summed E-state index contributed by atoms with van der Waals surface area (Å²) in [5.41, 5.74) is 0.954. The van der Waals surface area contributed by atoms with Crippen LogP contribution in [0.4, 0.5) is 15.8 Å². The molecule has 0 spiro atoms. The molecule has 0 bridgehead atoms. The molecule has 0 aliphatic heterocycles. The molecule has 0 aliphatic carbocycles. The Morgan fingerprint density at radius 2 is 1.67 bits per heavy atom. The quantitative estimate of drug-likeness (QED) is 0.759. The van der Waals surface area contributed by atoms with Gasteiger partial charge < -0.3 is 10.6 Å². The molecule has 0 aliphatic rings. The van der Waals surface area contributed by atoms with E-state index in [0.717, 1.165) is 10.8 Å². The molecule has 0 saturated heterocycles. The summed E-state index contributed by atoms with van der Waals surface area (Å²) in [6.07, 6.45) is 0. The van der Waals surface area contributed by atoms with Crippen molar-refractivity contribution >= 4 is 34.0 Å². The highest BCUT2D eigenvalue weighted by molar-refractivity contribution is 6.13. The topological polar surface area (TPSA) is 58.2 Å². The third kappa shape index (κ3) is 3.25. The average molecular weight is 322 g/mol.